The standard InChI is InChI=1S/C20H20ClNO3S/c1-14(2)15-6-8-18(9-7-15)22(19-10-11-26(24,25)13-19)20(23)16-4-3-5-17(21)12-16/h3-12,14,19H,13H2,1-2H3/t19-/m1/s1. The van der Waals surface area contributed by atoms with Crippen LogP contribution in [0.25, 0.3) is 0 Å². The van der Waals surface area contributed by atoms with Gasteiger partial charge < -0.3 is 4.90 Å². The zero-order chi connectivity index (χ0) is 18.9. The molecule has 4 nitrogen and oxygen atoms in total. The van der Waals surface area contributed by atoms with E-state index in [2.05, 4.69) is 13.8 Å². The van der Waals surface area contributed by atoms with Crippen molar-refractivity contribution >= 4 is 33.0 Å². The van der Waals surface area contributed by atoms with Crippen LogP contribution in [-0.4, -0.2) is 26.1 Å². The SMILES string of the molecule is CC(C)c1ccc(N(C(=O)c2cccc(Cl)c2)[C@@H]2C=CS(=O)(=O)C2)cc1. The lowest BCUT2D eigenvalue weighted by molar-refractivity contribution is 0.0983. The molecule has 6 heteroatoms. The number of nitrogens with zero attached hydrogens (tertiary/aromatic N) is 1. The van der Waals surface area contributed by atoms with Crippen molar-refractivity contribution in [3.05, 3.63) is 76.2 Å². The molecule has 1 aliphatic rings. The smallest absolute Gasteiger partial charge is 0.258 e. The third-order valence-corrected chi connectivity index (χ3v) is 5.98. The van der Waals surface area contributed by atoms with Gasteiger partial charge in [-0.05, 0) is 47.9 Å². The zero-order valence-electron chi connectivity index (χ0n) is 14.6. The highest BCUT2D eigenvalue weighted by atomic mass is 35.5. The van der Waals surface area contributed by atoms with E-state index in [0.29, 0.717) is 22.2 Å². The van der Waals surface area contributed by atoms with Crippen LogP contribution in [-0.2, 0) is 9.84 Å². The van der Waals surface area contributed by atoms with Gasteiger partial charge in [-0.2, -0.15) is 0 Å². The van der Waals surface area contributed by atoms with E-state index in [-0.39, 0.29) is 11.7 Å². The third-order valence-electron chi connectivity index (χ3n) is 4.37. The quantitative estimate of drug-likeness (QED) is 0.777. The van der Waals surface area contributed by atoms with Crippen LogP contribution < -0.4 is 4.90 Å². The molecule has 2 aromatic rings. The van der Waals surface area contributed by atoms with Crippen LogP contribution in [0.4, 0.5) is 5.69 Å². The van der Waals surface area contributed by atoms with Crippen molar-refractivity contribution < 1.29 is 13.2 Å². The lowest BCUT2D eigenvalue weighted by Gasteiger charge is -2.28. The van der Waals surface area contributed by atoms with E-state index in [1.165, 1.54) is 10.3 Å². The summed E-state index contributed by atoms with van der Waals surface area (Å²) in [6, 6.07) is 13.8. The minimum atomic E-state index is -3.29. The highest BCUT2D eigenvalue weighted by Crippen LogP contribution is 2.27. The van der Waals surface area contributed by atoms with Gasteiger partial charge in [-0.25, -0.2) is 8.42 Å². The van der Waals surface area contributed by atoms with Gasteiger partial charge in [-0.15, -0.1) is 0 Å². The molecule has 0 aliphatic carbocycles. The molecule has 0 saturated heterocycles. The van der Waals surface area contributed by atoms with Gasteiger partial charge in [0.1, 0.15) is 0 Å². The van der Waals surface area contributed by atoms with Crippen LogP contribution in [0.3, 0.4) is 0 Å². The van der Waals surface area contributed by atoms with Crippen molar-refractivity contribution in [2.45, 2.75) is 25.8 Å². The number of carbonyl (C=O) groups excluding carboxylic acids is 1. The van der Waals surface area contributed by atoms with Gasteiger partial charge in [0.25, 0.3) is 5.91 Å². The average Bonchev–Trinajstić information content (AvgIpc) is 2.95. The van der Waals surface area contributed by atoms with Gasteiger partial charge in [-0.1, -0.05) is 43.6 Å². The summed E-state index contributed by atoms with van der Waals surface area (Å²) in [4.78, 5) is 14.7. The summed E-state index contributed by atoms with van der Waals surface area (Å²) in [6.45, 7) is 4.19. The summed E-state index contributed by atoms with van der Waals surface area (Å²) in [5, 5.41) is 1.64. The molecule has 2 aromatic carbocycles. The first-order valence-corrected chi connectivity index (χ1v) is 10.5. The lowest BCUT2D eigenvalue weighted by Crippen LogP contribution is -2.41. The Bertz CT molecular complexity index is 949. The highest BCUT2D eigenvalue weighted by Gasteiger charge is 2.32. The van der Waals surface area contributed by atoms with Crippen LogP contribution in [0, 0.1) is 0 Å². The molecule has 26 heavy (non-hydrogen) atoms. The van der Waals surface area contributed by atoms with Crippen molar-refractivity contribution in [2.24, 2.45) is 0 Å². The van der Waals surface area contributed by atoms with Crippen LogP contribution >= 0.6 is 11.6 Å². The third kappa shape index (κ3) is 4.00. The summed E-state index contributed by atoms with van der Waals surface area (Å²) in [5.74, 6) is -0.0324. The first kappa shape index (κ1) is 18.7. The maximum absolute atomic E-state index is 13.2. The van der Waals surface area contributed by atoms with Gasteiger partial charge in [-0.3, -0.25) is 4.79 Å². The number of amides is 1. The Balaban J connectivity index is 2.02. The second-order valence-electron chi connectivity index (χ2n) is 6.66. The number of halogens is 1. The molecule has 0 N–H and O–H groups in total. The van der Waals surface area contributed by atoms with E-state index in [1.807, 2.05) is 24.3 Å². The van der Waals surface area contributed by atoms with Crippen LogP contribution in [0.5, 0.6) is 0 Å². The molecule has 0 radical (unpaired) electrons. The Hall–Kier alpha value is -2.11. The lowest BCUT2D eigenvalue weighted by atomic mass is 10.0. The van der Waals surface area contributed by atoms with Gasteiger partial charge in [0.2, 0.25) is 0 Å². The fourth-order valence-corrected chi connectivity index (χ4v) is 4.42. The van der Waals surface area contributed by atoms with Crippen molar-refractivity contribution in [1.29, 1.82) is 0 Å². The van der Waals surface area contributed by atoms with Crippen molar-refractivity contribution in [3.8, 4) is 0 Å². The predicted molar refractivity (Wildman–Crippen MR) is 106 cm³/mol. The fraction of sp³-hybridized carbons (Fsp3) is 0.250. The number of rotatable bonds is 4. The molecule has 0 spiro atoms. The summed E-state index contributed by atoms with van der Waals surface area (Å²) in [6.07, 6.45) is 1.56. The number of benzene rings is 2. The Morgan fingerprint density at radius 2 is 1.85 bits per heavy atom. The summed E-state index contributed by atoms with van der Waals surface area (Å²) in [7, 11) is -3.29. The molecule has 0 aromatic heterocycles. The summed E-state index contributed by atoms with van der Waals surface area (Å²) in [5.41, 5.74) is 2.23. The minimum Gasteiger partial charge on any atom is -0.300 e. The van der Waals surface area contributed by atoms with Crippen LogP contribution in [0.15, 0.2) is 60.0 Å². The Labute approximate surface area is 159 Å². The molecule has 1 aliphatic heterocycles. The number of hydrogen-bond acceptors (Lipinski definition) is 3. The molecule has 1 heterocycles. The Kier molecular flexibility index (Phi) is 5.21. The molecular weight excluding hydrogens is 370 g/mol. The number of anilines is 1. The topological polar surface area (TPSA) is 54.5 Å². The normalized spacial score (nSPS) is 18.2. The van der Waals surface area contributed by atoms with Crippen molar-refractivity contribution in [3.63, 3.8) is 0 Å². The van der Waals surface area contributed by atoms with Crippen molar-refractivity contribution in [1.82, 2.24) is 0 Å². The molecule has 0 bridgehead atoms. The summed E-state index contributed by atoms with van der Waals surface area (Å²) >= 11 is 6.02. The van der Waals surface area contributed by atoms with Gasteiger partial charge in [0.15, 0.2) is 9.84 Å². The van der Waals surface area contributed by atoms with Crippen LogP contribution in [0.2, 0.25) is 5.02 Å². The monoisotopic (exact) mass is 389 g/mol. The molecule has 0 saturated carbocycles. The Morgan fingerprint density at radius 3 is 2.38 bits per heavy atom. The number of sulfone groups is 1. The van der Waals surface area contributed by atoms with E-state index in [0.717, 1.165) is 5.56 Å². The molecule has 1 atom stereocenters. The van der Waals surface area contributed by atoms with Gasteiger partial charge >= 0.3 is 0 Å². The second-order valence-corrected chi connectivity index (χ2v) is 9.02. The van der Waals surface area contributed by atoms with Crippen molar-refractivity contribution in [2.75, 3.05) is 10.7 Å². The summed E-state index contributed by atoms with van der Waals surface area (Å²) < 4.78 is 23.8. The van der Waals surface area contributed by atoms with E-state index in [1.54, 1.807) is 30.3 Å². The average molecular weight is 390 g/mol. The molecule has 0 unspecified atom stereocenters. The number of carbonyl (C=O) groups is 1. The molecule has 0 fully saturated rings. The molecule has 3 rings (SSSR count). The largest absolute Gasteiger partial charge is 0.300 e. The fourth-order valence-electron chi connectivity index (χ4n) is 2.96. The highest BCUT2D eigenvalue weighted by molar-refractivity contribution is 7.94. The zero-order valence-corrected chi connectivity index (χ0v) is 16.2. The first-order valence-electron chi connectivity index (χ1n) is 8.37. The molecule has 136 valence electrons. The van der Waals surface area contributed by atoms with E-state index < -0.39 is 15.9 Å². The van der Waals surface area contributed by atoms with E-state index in [4.69, 9.17) is 11.6 Å². The maximum Gasteiger partial charge on any atom is 0.258 e. The first-order chi connectivity index (χ1) is 12.3. The van der Waals surface area contributed by atoms with Gasteiger partial charge in [0, 0.05) is 21.7 Å². The second kappa shape index (κ2) is 7.25. The molecule has 1 amide bonds. The molecular formula is C20H20ClNO3S. The van der Waals surface area contributed by atoms with E-state index in [9.17, 15) is 13.2 Å². The van der Waals surface area contributed by atoms with Crippen LogP contribution in [0.1, 0.15) is 35.7 Å². The number of hydrogen-bond donors (Lipinski definition) is 0. The Morgan fingerprint density at radius 1 is 1.15 bits per heavy atom. The predicted octanol–water partition coefficient (Wildman–Crippen LogP) is 4.42. The van der Waals surface area contributed by atoms with E-state index >= 15 is 0 Å². The maximum atomic E-state index is 13.2. The minimum absolute atomic E-state index is 0.120. The van der Waals surface area contributed by atoms with Gasteiger partial charge in [0.05, 0.1) is 11.8 Å².